The van der Waals surface area contributed by atoms with Crippen LogP contribution in [0.2, 0.25) is 0 Å². The molecule has 0 radical (unpaired) electrons. The maximum atomic E-state index is 12.2. The molecule has 0 fully saturated rings. The summed E-state index contributed by atoms with van der Waals surface area (Å²) in [5, 5.41) is 11.0. The fourth-order valence-electron chi connectivity index (χ4n) is 2.15. The molecule has 24 heavy (non-hydrogen) atoms. The molecule has 0 aliphatic carbocycles. The van der Waals surface area contributed by atoms with Gasteiger partial charge in [-0.3, -0.25) is 9.89 Å². The summed E-state index contributed by atoms with van der Waals surface area (Å²) in [6, 6.07) is 19.1. The average molecular weight is 383 g/mol. The summed E-state index contributed by atoms with van der Waals surface area (Å²) in [7, 11) is 0. The van der Waals surface area contributed by atoms with Gasteiger partial charge in [0.1, 0.15) is 5.69 Å². The number of rotatable bonds is 4. The molecule has 1 aromatic heterocycles. The van der Waals surface area contributed by atoms with E-state index in [9.17, 15) is 4.79 Å². The van der Waals surface area contributed by atoms with Crippen LogP contribution in [0.1, 0.15) is 23.0 Å². The van der Waals surface area contributed by atoms with Gasteiger partial charge < -0.3 is 0 Å². The summed E-state index contributed by atoms with van der Waals surface area (Å²) in [5.41, 5.74) is 6.23. The summed E-state index contributed by atoms with van der Waals surface area (Å²) >= 11 is 3.39. The summed E-state index contributed by atoms with van der Waals surface area (Å²) in [4.78, 5) is 12.2. The Balaban J connectivity index is 1.70. The lowest BCUT2D eigenvalue weighted by molar-refractivity contribution is 0.0950. The van der Waals surface area contributed by atoms with Crippen LogP contribution in [0.5, 0.6) is 0 Å². The number of hydrogen-bond donors (Lipinski definition) is 2. The zero-order chi connectivity index (χ0) is 16.9. The molecule has 2 N–H and O–H groups in total. The van der Waals surface area contributed by atoms with E-state index in [1.165, 1.54) is 0 Å². The van der Waals surface area contributed by atoms with Crippen LogP contribution in [0.3, 0.4) is 0 Å². The summed E-state index contributed by atoms with van der Waals surface area (Å²) in [5.74, 6) is -0.332. The van der Waals surface area contributed by atoms with Crippen molar-refractivity contribution in [2.75, 3.05) is 0 Å². The van der Waals surface area contributed by atoms with Gasteiger partial charge in [0.25, 0.3) is 5.91 Å². The topological polar surface area (TPSA) is 70.1 Å². The van der Waals surface area contributed by atoms with Crippen LogP contribution >= 0.6 is 15.9 Å². The first-order valence-corrected chi connectivity index (χ1v) is 8.14. The number of benzene rings is 2. The van der Waals surface area contributed by atoms with Gasteiger partial charge in [-0.1, -0.05) is 58.4 Å². The van der Waals surface area contributed by atoms with E-state index in [1.807, 2.05) is 61.5 Å². The van der Waals surface area contributed by atoms with Crippen molar-refractivity contribution >= 4 is 27.5 Å². The van der Waals surface area contributed by atoms with Crippen molar-refractivity contribution < 1.29 is 4.79 Å². The molecule has 0 saturated carbocycles. The van der Waals surface area contributed by atoms with E-state index in [2.05, 4.69) is 36.7 Å². The highest BCUT2D eigenvalue weighted by Gasteiger charge is 2.10. The largest absolute Gasteiger partial charge is 0.289 e. The monoisotopic (exact) mass is 382 g/mol. The maximum Gasteiger partial charge on any atom is 0.289 e. The molecule has 1 heterocycles. The van der Waals surface area contributed by atoms with Crippen molar-refractivity contribution in [3.05, 3.63) is 76.4 Å². The fourth-order valence-corrected chi connectivity index (χ4v) is 2.41. The molecule has 2 aromatic carbocycles. The number of amides is 1. The van der Waals surface area contributed by atoms with Gasteiger partial charge in [-0.2, -0.15) is 10.2 Å². The standard InChI is InChI=1S/C18H15BrN4O/c1-12(13-7-9-15(19)10-8-13)20-23-18(24)17-11-16(21-22-17)14-5-3-2-4-6-14/h2-11H,1H3,(H,21,22)(H,23,24). The second-order valence-electron chi connectivity index (χ2n) is 5.18. The van der Waals surface area contributed by atoms with E-state index in [0.29, 0.717) is 5.69 Å². The van der Waals surface area contributed by atoms with Gasteiger partial charge >= 0.3 is 0 Å². The first-order valence-electron chi connectivity index (χ1n) is 7.35. The van der Waals surface area contributed by atoms with Crippen LogP contribution in [0.25, 0.3) is 11.3 Å². The van der Waals surface area contributed by atoms with E-state index in [0.717, 1.165) is 27.0 Å². The van der Waals surface area contributed by atoms with Crippen molar-refractivity contribution in [3.8, 4) is 11.3 Å². The van der Waals surface area contributed by atoms with Crippen molar-refractivity contribution in [1.82, 2.24) is 15.6 Å². The molecule has 0 spiro atoms. The molecule has 0 bridgehead atoms. The SMILES string of the molecule is CC(=NNC(=O)c1cc(-c2ccccc2)n[nH]1)c1ccc(Br)cc1. The molecule has 3 aromatic rings. The number of hydrazone groups is 1. The minimum absolute atomic E-state index is 0.332. The van der Waals surface area contributed by atoms with Crippen molar-refractivity contribution in [1.29, 1.82) is 0 Å². The summed E-state index contributed by atoms with van der Waals surface area (Å²) in [6.07, 6.45) is 0. The molecule has 5 nitrogen and oxygen atoms in total. The van der Waals surface area contributed by atoms with Gasteiger partial charge in [0.15, 0.2) is 0 Å². The number of aromatic amines is 1. The van der Waals surface area contributed by atoms with Crippen LogP contribution in [0.4, 0.5) is 0 Å². The molecule has 1 amide bonds. The molecular weight excluding hydrogens is 368 g/mol. The lowest BCUT2D eigenvalue weighted by Gasteiger charge is -2.02. The van der Waals surface area contributed by atoms with Crippen LogP contribution in [0, 0.1) is 0 Å². The zero-order valence-corrected chi connectivity index (χ0v) is 14.5. The Morgan fingerprint density at radius 3 is 2.54 bits per heavy atom. The molecule has 120 valence electrons. The van der Waals surface area contributed by atoms with Crippen LogP contribution in [-0.2, 0) is 0 Å². The molecule has 0 atom stereocenters. The van der Waals surface area contributed by atoms with E-state index < -0.39 is 0 Å². The highest BCUT2D eigenvalue weighted by molar-refractivity contribution is 9.10. The second-order valence-corrected chi connectivity index (χ2v) is 6.09. The smallest absolute Gasteiger partial charge is 0.272 e. The Labute approximate surface area is 147 Å². The number of H-pyrrole nitrogens is 1. The minimum atomic E-state index is -0.332. The predicted molar refractivity (Wildman–Crippen MR) is 97.8 cm³/mol. The normalized spacial score (nSPS) is 11.3. The molecule has 3 rings (SSSR count). The third kappa shape index (κ3) is 3.78. The average Bonchev–Trinajstić information content (AvgIpc) is 3.11. The van der Waals surface area contributed by atoms with Crippen LogP contribution in [0.15, 0.2) is 70.2 Å². The second kappa shape index (κ2) is 7.23. The van der Waals surface area contributed by atoms with Gasteiger partial charge in [0.2, 0.25) is 0 Å². The Bertz CT molecular complexity index is 870. The number of nitrogens with zero attached hydrogens (tertiary/aromatic N) is 2. The third-order valence-electron chi connectivity index (χ3n) is 3.48. The summed E-state index contributed by atoms with van der Waals surface area (Å²) < 4.78 is 0.994. The number of aromatic nitrogens is 2. The minimum Gasteiger partial charge on any atom is -0.272 e. The molecule has 6 heteroatoms. The number of nitrogens with one attached hydrogen (secondary N) is 2. The zero-order valence-electron chi connectivity index (χ0n) is 13.0. The molecule has 0 saturated heterocycles. The van der Waals surface area contributed by atoms with E-state index >= 15 is 0 Å². The predicted octanol–water partition coefficient (Wildman–Crippen LogP) is 3.99. The molecule has 0 aliphatic heterocycles. The Morgan fingerprint density at radius 2 is 1.83 bits per heavy atom. The van der Waals surface area contributed by atoms with Gasteiger partial charge in [-0.05, 0) is 30.7 Å². The van der Waals surface area contributed by atoms with Crippen LogP contribution in [-0.4, -0.2) is 21.8 Å². The van der Waals surface area contributed by atoms with E-state index in [-0.39, 0.29) is 5.91 Å². The van der Waals surface area contributed by atoms with Crippen molar-refractivity contribution in [2.45, 2.75) is 6.92 Å². The fraction of sp³-hybridized carbons (Fsp3) is 0.0556. The highest BCUT2D eigenvalue weighted by atomic mass is 79.9. The van der Waals surface area contributed by atoms with Gasteiger partial charge in [-0.15, -0.1) is 0 Å². The molecule has 0 aliphatic rings. The first kappa shape index (κ1) is 16.1. The van der Waals surface area contributed by atoms with Crippen molar-refractivity contribution in [2.24, 2.45) is 5.10 Å². The number of halogens is 1. The van der Waals surface area contributed by atoms with Gasteiger partial charge in [0.05, 0.1) is 11.4 Å². The number of carbonyl (C=O) groups is 1. The molecule has 0 unspecified atom stereocenters. The van der Waals surface area contributed by atoms with Crippen molar-refractivity contribution in [3.63, 3.8) is 0 Å². The quantitative estimate of drug-likeness (QED) is 0.528. The Hall–Kier alpha value is -2.73. The lowest BCUT2D eigenvalue weighted by Crippen LogP contribution is -2.19. The van der Waals surface area contributed by atoms with E-state index in [1.54, 1.807) is 6.07 Å². The Kier molecular flexibility index (Phi) is 4.86. The lowest BCUT2D eigenvalue weighted by atomic mass is 10.1. The van der Waals surface area contributed by atoms with Gasteiger partial charge in [0, 0.05) is 10.0 Å². The molecular formula is C18H15BrN4O. The summed E-state index contributed by atoms with van der Waals surface area (Å²) in [6.45, 7) is 1.84. The van der Waals surface area contributed by atoms with Gasteiger partial charge in [-0.25, -0.2) is 5.43 Å². The van der Waals surface area contributed by atoms with E-state index in [4.69, 9.17) is 0 Å². The highest BCUT2D eigenvalue weighted by Crippen LogP contribution is 2.16. The number of hydrogen-bond acceptors (Lipinski definition) is 3. The van der Waals surface area contributed by atoms with Crippen LogP contribution < -0.4 is 5.43 Å². The first-order chi connectivity index (χ1) is 11.6. The number of carbonyl (C=O) groups excluding carboxylic acids is 1. The Morgan fingerprint density at radius 1 is 1.12 bits per heavy atom. The third-order valence-corrected chi connectivity index (χ3v) is 4.01. The maximum absolute atomic E-state index is 12.2.